The molecule has 164 valence electrons. The Morgan fingerprint density at radius 3 is 2.72 bits per heavy atom. The molecule has 1 amide bonds. The van der Waals surface area contributed by atoms with Crippen LogP contribution in [0.4, 0.5) is 10.1 Å². The number of H-pyrrole nitrogens is 1. The quantitative estimate of drug-likeness (QED) is 0.393. The minimum Gasteiger partial charge on any atom is -0.497 e. The second-order valence-corrected chi connectivity index (χ2v) is 7.35. The van der Waals surface area contributed by atoms with Gasteiger partial charge in [0.2, 0.25) is 5.91 Å². The average molecular weight is 433 g/mol. The highest BCUT2D eigenvalue weighted by atomic mass is 19.1. The number of ether oxygens (including phenoxy) is 2. The summed E-state index contributed by atoms with van der Waals surface area (Å²) in [6.07, 6.45) is 3.22. The molecule has 0 atom stereocenters. The first kappa shape index (κ1) is 21.4. The van der Waals surface area contributed by atoms with Crippen LogP contribution >= 0.6 is 0 Å². The van der Waals surface area contributed by atoms with Crippen LogP contribution in [0.1, 0.15) is 18.4 Å². The molecule has 0 fully saturated rings. The van der Waals surface area contributed by atoms with E-state index in [4.69, 9.17) is 9.47 Å². The van der Waals surface area contributed by atoms with Crippen molar-refractivity contribution in [2.45, 2.75) is 19.3 Å². The summed E-state index contributed by atoms with van der Waals surface area (Å²) >= 11 is 0. The molecular weight excluding hydrogens is 409 g/mol. The van der Waals surface area contributed by atoms with Gasteiger partial charge in [-0.3, -0.25) is 9.78 Å². The minimum absolute atomic E-state index is 0.126. The predicted octanol–water partition coefficient (Wildman–Crippen LogP) is 5.35. The number of benzene rings is 2. The van der Waals surface area contributed by atoms with Crippen LogP contribution in [0, 0.1) is 5.82 Å². The van der Waals surface area contributed by atoms with E-state index in [1.165, 1.54) is 12.1 Å². The predicted molar refractivity (Wildman–Crippen MR) is 123 cm³/mol. The first-order valence-electron chi connectivity index (χ1n) is 10.3. The first-order chi connectivity index (χ1) is 15.6. The van der Waals surface area contributed by atoms with Gasteiger partial charge in [-0.2, -0.15) is 0 Å². The summed E-state index contributed by atoms with van der Waals surface area (Å²) in [5, 5.41) is 3.69. The number of carbonyl (C=O) groups is 1. The van der Waals surface area contributed by atoms with E-state index >= 15 is 0 Å². The maximum atomic E-state index is 13.9. The zero-order chi connectivity index (χ0) is 22.5. The van der Waals surface area contributed by atoms with Gasteiger partial charge in [-0.1, -0.05) is 6.07 Å². The zero-order valence-corrected chi connectivity index (χ0v) is 17.9. The number of fused-ring (bicyclic) bond motifs is 1. The van der Waals surface area contributed by atoms with E-state index in [2.05, 4.69) is 15.3 Å². The number of halogens is 1. The molecule has 7 heteroatoms. The number of nitrogens with one attached hydrogen (secondary N) is 2. The summed E-state index contributed by atoms with van der Waals surface area (Å²) in [5.41, 5.74) is 4.01. The molecule has 2 heterocycles. The van der Waals surface area contributed by atoms with E-state index in [0.717, 1.165) is 27.9 Å². The molecule has 0 bridgehead atoms. The topological polar surface area (TPSA) is 76.2 Å². The number of aromatic nitrogens is 2. The molecule has 0 aliphatic rings. The third-order valence-electron chi connectivity index (χ3n) is 5.30. The van der Waals surface area contributed by atoms with Gasteiger partial charge >= 0.3 is 0 Å². The number of aryl methyl sites for hydroxylation is 1. The summed E-state index contributed by atoms with van der Waals surface area (Å²) in [6, 6.07) is 15.6. The number of aromatic amines is 1. The maximum Gasteiger partial charge on any atom is 0.224 e. The number of hydrogen-bond acceptors (Lipinski definition) is 4. The van der Waals surface area contributed by atoms with Crippen molar-refractivity contribution >= 4 is 22.5 Å². The lowest BCUT2D eigenvalue weighted by Gasteiger charge is -2.11. The SMILES string of the molecule is COc1ccc(NC(=O)CCCc2c(-c3ccccn3)[nH]c3ccc(F)cc23)c(OC)c1. The Morgan fingerprint density at radius 2 is 1.97 bits per heavy atom. The summed E-state index contributed by atoms with van der Waals surface area (Å²) in [6.45, 7) is 0. The third-order valence-corrected chi connectivity index (χ3v) is 5.30. The molecule has 0 unspecified atom stereocenters. The lowest BCUT2D eigenvalue weighted by Crippen LogP contribution is -2.12. The van der Waals surface area contributed by atoms with Crippen LogP contribution in [0.2, 0.25) is 0 Å². The van der Waals surface area contributed by atoms with Gasteiger partial charge in [-0.15, -0.1) is 0 Å². The lowest BCUT2D eigenvalue weighted by atomic mass is 10.0. The minimum atomic E-state index is -0.297. The maximum absolute atomic E-state index is 13.9. The monoisotopic (exact) mass is 433 g/mol. The fourth-order valence-electron chi connectivity index (χ4n) is 3.75. The molecule has 0 aliphatic heterocycles. The van der Waals surface area contributed by atoms with E-state index < -0.39 is 0 Å². The molecule has 4 rings (SSSR count). The Bertz CT molecular complexity index is 1240. The first-order valence-corrected chi connectivity index (χ1v) is 10.3. The molecular formula is C25H24FN3O3. The van der Waals surface area contributed by atoms with E-state index in [9.17, 15) is 9.18 Å². The van der Waals surface area contributed by atoms with Crippen molar-refractivity contribution in [2.75, 3.05) is 19.5 Å². The number of methoxy groups -OCH3 is 2. The lowest BCUT2D eigenvalue weighted by molar-refractivity contribution is -0.116. The summed E-state index contributed by atoms with van der Waals surface area (Å²) in [7, 11) is 3.11. The van der Waals surface area contributed by atoms with Crippen molar-refractivity contribution in [3.63, 3.8) is 0 Å². The Balaban J connectivity index is 1.50. The van der Waals surface area contributed by atoms with E-state index in [1.807, 2.05) is 18.2 Å². The van der Waals surface area contributed by atoms with Crippen LogP contribution in [0.15, 0.2) is 60.8 Å². The normalized spacial score (nSPS) is 10.8. The van der Waals surface area contributed by atoms with Crippen LogP contribution in [0.5, 0.6) is 11.5 Å². The van der Waals surface area contributed by atoms with Crippen molar-refractivity contribution in [1.82, 2.24) is 9.97 Å². The Labute approximate surface area is 185 Å². The fourth-order valence-corrected chi connectivity index (χ4v) is 3.75. The molecule has 2 aromatic carbocycles. The molecule has 0 aliphatic carbocycles. The number of amides is 1. The van der Waals surface area contributed by atoms with Gasteiger partial charge in [0.1, 0.15) is 17.3 Å². The van der Waals surface area contributed by atoms with Gasteiger partial charge in [0.25, 0.3) is 0 Å². The number of carbonyl (C=O) groups excluding carboxylic acids is 1. The fraction of sp³-hybridized carbons (Fsp3) is 0.200. The van der Waals surface area contributed by atoms with Crippen molar-refractivity contribution in [3.8, 4) is 22.9 Å². The highest BCUT2D eigenvalue weighted by molar-refractivity contribution is 5.93. The molecule has 0 saturated carbocycles. The van der Waals surface area contributed by atoms with Crippen molar-refractivity contribution in [1.29, 1.82) is 0 Å². The molecule has 2 N–H and O–H groups in total. The van der Waals surface area contributed by atoms with Crippen LogP contribution < -0.4 is 14.8 Å². The van der Waals surface area contributed by atoms with Crippen LogP contribution in [0.3, 0.4) is 0 Å². The Kier molecular flexibility index (Phi) is 6.35. The summed E-state index contributed by atoms with van der Waals surface area (Å²) in [4.78, 5) is 20.3. The van der Waals surface area contributed by atoms with Gasteiger partial charge in [-0.25, -0.2) is 4.39 Å². The number of hydrogen-bond donors (Lipinski definition) is 2. The molecule has 6 nitrogen and oxygen atoms in total. The Hall–Kier alpha value is -3.87. The van der Waals surface area contributed by atoms with E-state index in [-0.39, 0.29) is 11.7 Å². The van der Waals surface area contributed by atoms with Crippen LogP contribution in [-0.4, -0.2) is 30.1 Å². The smallest absolute Gasteiger partial charge is 0.224 e. The largest absolute Gasteiger partial charge is 0.497 e. The summed E-state index contributed by atoms with van der Waals surface area (Å²) in [5.74, 6) is 0.754. The van der Waals surface area contributed by atoms with Gasteiger partial charge < -0.3 is 19.8 Å². The molecule has 2 aromatic heterocycles. The number of pyridine rings is 1. The van der Waals surface area contributed by atoms with Crippen LogP contribution in [0.25, 0.3) is 22.3 Å². The third kappa shape index (κ3) is 4.56. The van der Waals surface area contributed by atoms with Crippen LogP contribution in [-0.2, 0) is 11.2 Å². The molecule has 0 spiro atoms. The molecule has 0 saturated heterocycles. The molecule has 0 radical (unpaired) electrons. The van der Waals surface area contributed by atoms with Crippen molar-refractivity contribution < 1.29 is 18.7 Å². The Morgan fingerprint density at radius 1 is 1.09 bits per heavy atom. The van der Waals surface area contributed by atoms with E-state index in [1.54, 1.807) is 44.7 Å². The standard InChI is InChI=1S/C25H24FN3O3/c1-31-17-10-12-21(23(15-17)32-2)28-24(30)8-5-6-18-19-14-16(26)9-11-20(19)29-25(18)22-7-3-4-13-27-22/h3-4,7,9-15,29H,5-6,8H2,1-2H3,(H,28,30). The molecule has 4 aromatic rings. The highest BCUT2D eigenvalue weighted by Crippen LogP contribution is 2.32. The second-order valence-electron chi connectivity index (χ2n) is 7.35. The average Bonchev–Trinajstić information content (AvgIpc) is 3.17. The van der Waals surface area contributed by atoms with Gasteiger partial charge in [0.15, 0.2) is 0 Å². The van der Waals surface area contributed by atoms with Crippen molar-refractivity contribution in [2.24, 2.45) is 0 Å². The van der Waals surface area contributed by atoms with Gasteiger partial charge in [0.05, 0.1) is 31.3 Å². The summed E-state index contributed by atoms with van der Waals surface area (Å²) < 4.78 is 24.5. The molecule has 32 heavy (non-hydrogen) atoms. The second kappa shape index (κ2) is 9.51. The zero-order valence-electron chi connectivity index (χ0n) is 17.9. The number of nitrogens with zero attached hydrogens (tertiary/aromatic N) is 1. The van der Waals surface area contributed by atoms with E-state index in [0.29, 0.717) is 36.4 Å². The number of anilines is 1. The highest BCUT2D eigenvalue weighted by Gasteiger charge is 2.16. The van der Waals surface area contributed by atoms with Gasteiger partial charge in [0, 0.05) is 29.6 Å². The van der Waals surface area contributed by atoms with Gasteiger partial charge in [-0.05, 0) is 60.9 Å². The van der Waals surface area contributed by atoms with Crippen molar-refractivity contribution in [3.05, 3.63) is 72.2 Å². The number of rotatable bonds is 8.